The van der Waals surface area contributed by atoms with Crippen LogP contribution in [0.25, 0.3) is 0 Å². The van der Waals surface area contributed by atoms with E-state index in [2.05, 4.69) is 6.07 Å². The van der Waals surface area contributed by atoms with E-state index in [1.165, 1.54) is 5.56 Å². The van der Waals surface area contributed by atoms with Gasteiger partial charge in [0.05, 0.1) is 6.10 Å². The molecule has 28 heavy (non-hydrogen) atoms. The van der Waals surface area contributed by atoms with Crippen molar-refractivity contribution in [2.24, 2.45) is 11.7 Å². The predicted molar refractivity (Wildman–Crippen MR) is 111 cm³/mol. The minimum atomic E-state index is -0.553. The highest BCUT2D eigenvalue weighted by Crippen LogP contribution is 2.29. The SMILES string of the molecule is CCCN(C[C@@H](C)[C@@H](OCC(N)=O)c1ccc(C)c(C)c1)C(=O)OC(C)(C)C. The first-order valence-corrected chi connectivity index (χ1v) is 9.89. The maximum absolute atomic E-state index is 12.6. The number of rotatable bonds is 9. The van der Waals surface area contributed by atoms with E-state index in [9.17, 15) is 9.59 Å². The number of amides is 2. The molecule has 6 nitrogen and oxygen atoms in total. The van der Waals surface area contributed by atoms with Gasteiger partial charge in [-0.15, -0.1) is 0 Å². The van der Waals surface area contributed by atoms with Crippen molar-refractivity contribution in [1.29, 1.82) is 0 Å². The second-order valence-corrected chi connectivity index (χ2v) is 8.45. The largest absolute Gasteiger partial charge is 0.444 e. The molecule has 0 spiro atoms. The van der Waals surface area contributed by atoms with Crippen LogP contribution in [0.1, 0.15) is 63.8 Å². The summed E-state index contributed by atoms with van der Waals surface area (Å²) in [6, 6.07) is 6.10. The van der Waals surface area contributed by atoms with Crippen molar-refractivity contribution >= 4 is 12.0 Å². The van der Waals surface area contributed by atoms with Gasteiger partial charge in [0, 0.05) is 19.0 Å². The number of ether oxygens (including phenoxy) is 2. The highest BCUT2D eigenvalue weighted by Gasteiger charge is 2.28. The molecule has 0 aliphatic rings. The molecule has 0 aromatic heterocycles. The third-order valence-corrected chi connectivity index (χ3v) is 4.44. The van der Waals surface area contributed by atoms with Gasteiger partial charge in [-0.3, -0.25) is 4.79 Å². The zero-order valence-electron chi connectivity index (χ0n) is 18.4. The summed E-state index contributed by atoms with van der Waals surface area (Å²) < 4.78 is 11.4. The van der Waals surface area contributed by atoms with Crippen LogP contribution in [0.4, 0.5) is 4.79 Å². The summed E-state index contributed by atoms with van der Waals surface area (Å²) in [5.74, 6) is -0.570. The number of benzene rings is 1. The molecule has 1 aromatic rings. The van der Waals surface area contributed by atoms with Crippen LogP contribution in [-0.2, 0) is 14.3 Å². The summed E-state index contributed by atoms with van der Waals surface area (Å²) in [4.78, 5) is 25.6. The number of nitrogens with zero attached hydrogens (tertiary/aromatic N) is 1. The van der Waals surface area contributed by atoms with Crippen molar-refractivity contribution < 1.29 is 19.1 Å². The number of carbonyl (C=O) groups is 2. The van der Waals surface area contributed by atoms with E-state index in [1.54, 1.807) is 4.90 Å². The summed E-state index contributed by atoms with van der Waals surface area (Å²) in [5, 5.41) is 0. The van der Waals surface area contributed by atoms with Gasteiger partial charge in [-0.25, -0.2) is 4.79 Å². The molecule has 0 aliphatic carbocycles. The smallest absolute Gasteiger partial charge is 0.410 e. The molecule has 6 heteroatoms. The summed E-state index contributed by atoms with van der Waals surface area (Å²) in [5.41, 5.74) is 8.04. The lowest BCUT2D eigenvalue weighted by molar-refractivity contribution is -0.126. The fourth-order valence-electron chi connectivity index (χ4n) is 3.00. The van der Waals surface area contributed by atoms with Crippen LogP contribution in [0.2, 0.25) is 0 Å². The van der Waals surface area contributed by atoms with Crippen LogP contribution in [0.15, 0.2) is 18.2 Å². The number of primary amides is 1. The molecule has 0 unspecified atom stereocenters. The molecular weight excluding hydrogens is 356 g/mol. The Morgan fingerprint density at radius 1 is 1.18 bits per heavy atom. The first-order chi connectivity index (χ1) is 12.9. The summed E-state index contributed by atoms with van der Waals surface area (Å²) in [7, 11) is 0. The predicted octanol–water partition coefficient (Wildman–Crippen LogP) is 4.13. The second kappa shape index (κ2) is 10.5. The van der Waals surface area contributed by atoms with Gasteiger partial charge in [0.1, 0.15) is 12.2 Å². The number of nitrogens with two attached hydrogens (primary N) is 1. The van der Waals surface area contributed by atoms with Crippen molar-refractivity contribution in [3.05, 3.63) is 34.9 Å². The zero-order chi connectivity index (χ0) is 21.5. The van der Waals surface area contributed by atoms with Gasteiger partial charge in [-0.05, 0) is 57.7 Å². The van der Waals surface area contributed by atoms with E-state index in [-0.39, 0.29) is 24.7 Å². The topological polar surface area (TPSA) is 81.9 Å². The van der Waals surface area contributed by atoms with Crippen molar-refractivity contribution in [3.63, 3.8) is 0 Å². The highest BCUT2D eigenvalue weighted by atomic mass is 16.6. The molecule has 0 fully saturated rings. The average molecular weight is 393 g/mol. The van der Waals surface area contributed by atoms with E-state index in [0.717, 1.165) is 17.5 Å². The molecule has 2 N–H and O–H groups in total. The standard InChI is InChI=1S/C22H36N2O4/c1-8-11-24(21(26)28-22(5,6)7)13-17(4)20(27-14-19(23)25)18-10-9-15(2)16(3)12-18/h9-10,12,17,20H,8,11,13-14H2,1-7H3,(H2,23,25)/t17-,20-/m1/s1. The van der Waals surface area contributed by atoms with E-state index < -0.39 is 11.5 Å². The van der Waals surface area contributed by atoms with Crippen LogP contribution in [-0.4, -0.2) is 42.2 Å². The molecule has 0 aliphatic heterocycles. The quantitative estimate of drug-likeness (QED) is 0.685. The minimum absolute atomic E-state index is 0.0551. The third kappa shape index (κ3) is 7.89. The number of hydrogen-bond donors (Lipinski definition) is 1. The lowest BCUT2D eigenvalue weighted by Gasteiger charge is -2.32. The van der Waals surface area contributed by atoms with Crippen LogP contribution in [0.3, 0.4) is 0 Å². The van der Waals surface area contributed by atoms with Crippen LogP contribution >= 0.6 is 0 Å². The van der Waals surface area contributed by atoms with Gasteiger partial charge in [-0.2, -0.15) is 0 Å². The molecule has 0 bridgehead atoms. The van der Waals surface area contributed by atoms with E-state index in [0.29, 0.717) is 13.1 Å². The van der Waals surface area contributed by atoms with Gasteiger partial charge in [0.2, 0.25) is 5.91 Å². The van der Waals surface area contributed by atoms with Gasteiger partial charge >= 0.3 is 6.09 Å². The van der Waals surface area contributed by atoms with Crippen molar-refractivity contribution in [1.82, 2.24) is 4.90 Å². The Morgan fingerprint density at radius 2 is 1.82 bits per heavy atom. The van der Waals surface area contributed by atoms with Gasteiger partial charge in [0.15, 0.2) is 0 Å². The third-order valence-electron chi connectivity index (χ3n) is 4.44. The molecule has 0 saturated carbocycles. The average Bonchev–Trinajstić information content (AvgIpc) is 2.56. The normalized spacial score (nSPS) is 13.7. The molecule has 1 rings (SSSR count). The number of aryl methyl sites for hydroxylation is 2. The molecular formula is C22H36N2O4. The maximum Gasteiger partial charge on any atom is 0.410 e. The van der Waals surface area contributed by atoms with Crippen LogP contribution in [0.5, 0.6) is 0 Å². The monoisotopic (exact) mass is 392 g/mol. The van der Waals surface area contributed by atoms with Crippen molar-refractivity contribution in [2.75, 3.05) is 19.7 Å². The fraction of sp³-hybridized carbons (Fsp3) is 0.636. The van der Waals surface area contributed by atoms with E-state index >= 15 is 0 Å². The Balaban J connectivity index is 3.04. The summed E-state index contributed by atoms with van der Waals surface area (Å²) in [6.45, 7) is 14.6. The van der Waals surface area contributed by atoms with Crippen LogP contribution < -0.4 is 5.73 Å². The lowest BCUT2D eigenvalue weighted by atomic mass is 9.94. The Morgan fingerprint density at radius 3 is 2.32 bits per heavy atom. The maximum atomic E-state index is 12.6. The van der Waals surface area contributed by atoms with E-state index in [1.807, 2.05) is 60.6 Å². The fourth-order valence-corrected chi connectivity index (χ4v) is 3.00. The molecule has 2 amide bonds. The minimum Gasteiger partial charge on any atom is -0.444 e. The van der Waals surface area contributed by atoms with Crippen LogP contribution in [0, 0.1) is 19.8 Å². The summed E-state index contributed by atoms with van der Waals surface area (Å²) in [6.07, 6.45) is 0.131. The first-order valence-electron chi connectivity index (χ1n) is 9.89. The highest BCUT2D eigenvalue weighted by molar-refractivity contribution is 5.75. The number of carbonyl (C=O) groups excluding carboxylic acids is 2. The van der Waals surface area contributed by atoms with E-state index in [4.69, 9.17) is 15.2 Å². The Kier molecular flexibility index (Phi) is 8.95. The summed E-state index contributed by atoms with van der Waals surface area (Å²) >= 11 is 0. The Hall–Kier alpha value is -2.08. The molecule has 0 heterocycles. The van der Waals surface area contributed by atoms with Crippen molar-refractivity contribution in [3.8, 4) is 0 Å². The first kappa shape index (κ1) is 24.0. The molecule has 0 saturated heterocycles. The Bertz CT molecular complexity index is 667. The van der Waals surface area contributed by atoms with Crippen molar-refractivity contribution in [2.45, 2.75) is 66.6 Å². The molecule has 0 radical (unpaired) electrons. The lowest BCUT2D eigenvalue weighted by Crippen LogP contribution is -2.41. The molecule has 158 valence electrons. The zero-order valence-corrected chi connectivity index (χ0v) is 18.4. The van der Waals surface area contributed by atoms with Gasteiger partial charge in [-0.1, -0.05) is 32.0 Å². The van der Waals surface area contributed by atoms with Gasteiger partial charge in [0.25, 0.3) is 0 Å². The second-order valence-electron chi connectivity index (χ2n) is 8.45. The van der Waals surface area contributed by atoms with Gasteiger partial charge < -0.3 is 20.1 Å². The Labute approximate surface area is 169 Å². The molecule has 2 atom stereocenters. The number of hydrogen-bond acceptors (Lipinski definition) is 4. The molecule has 1 aromatic carbocycles.